The Morgan fingerprint density at radius 3 is 2.11 bits per heavy atom. The molecule has 1 saturated heterocycles. The van der Waals surface area contributed by atoms with E-state index in [1.54, 1.807) is 56.0 Å². The fourth-order valence-corrected chi connectivity index (χ4v) is 9.48. The lowest BCUT2D eigenvalue weighted by Gasteiger charge is -2.53. The first-order valence-corrected chi connectivity index (χ1v) is 19.9. The van der Waals surface area contributed by atoms with Crippen LogP contribution >= 0.6 is 23.2 Å². The second kappa shape index (κ2) is 14.4. The van der Waals surface area contributed by atoms with Crippen molar-refractivity contribution in [1.29, 1.82) is 4.78 Å². The fraction of sp³-hybridized carbons (Fsp3) is 0.444. The molecule has 5 atom stereocenters. The number of piperidine rings is 1. The number of halogens is 2. The van der Waals surface area contributed by atoms with Crippen LogP contribution in [0.5, 0.6) is 0 Å². The quantitative estimate of drug-likeness (QED) is 0.203. The Hall–Kier alpha value is -2.72. The normalized spacial score (nSPS) is 22.3. The molecule has 7 nitrogen and oxygen atoms in total. The Morgan fingerprint density at radius 2 is 1.55 bits per heavy atom. The molecular weight excluding hydrogens is 675 g/mol. The van der Waals surface area contributed by atoms with Gasteiger partial charge in [-0.3, -0.25) is 14.4 Å². The molecule has 1 N–H and O–H groups in total. The number of carbonyl (C=O) groups is 2. The van der Waals surface area contributed by atoms with Crippen LogP contribution in [0.25, 0.3) is 0 Å². The van der Waals surface area contributed by atoms with E-state index in [4.69, 9.17) is 28.0 Å². The lowest BCUT2D eigenvalue weighted by molar-refractivity contribution is -0.157. The van der Waals surface area contributed by atoms with Crippen molar-refractivity contribution >= 4 is 54.5 Å². The molecule has 3 aromatic carbocycles. The molecule has 11 heteroatoms. The van der Waals surface area contributed by atoms with Gasteiger partial charge in [0.2, 0.25) is 5.91 Å². The first-order valence-electron chi connectivity index (χ1n) is 15.7. The molecule has 1 aliphatic rings. The van der Waals surface area contributed by atoms with Gasteiger partial charge in [0.05, 0.1) is 22.1 Å². The number of aryl methyl sites for hydroxylation is 1. The summed E-state index contributed by atoms with van der Waals surface area (Å²) in [5.74, 6) is -2.26. The van der Waals surface area contributed by atoms with Gasteiger partial charge < -0.3 is 4.90 Å². The van der Waals surface area contributed by atoms with E-state index in [2.05, 4.69) is 0 Å². The maximum absolute atomic E-state index is 15.0. The molecule has 1 unspecified atom stereocenters. The summed E-state index contributed by atoms with van der Waals surface area (Å²) in [6.45, 7) is 10.9. The molecule has 0 spiro atoms. The van der Waals surface area contributed by atoms with Crippen molar-refractivity contribution in [3.63, 3.8) is 0 Å². The Kier molecular flexibility index (Phi) is 11.4. The van der Waals surface area contributed by atoms with Gasteiger partial charge in [-0.15, -0.1) is 0 Å². The standard InChI is InChI=1S/C36H44Cl2N2O5S2/c1-23(2)33(22-46(39,43)24(3)4)40-34(26-12-14-28(37)15-13-26)32(27-8-7-9-29(38)18-27)20-36(6,35(40)42)19-30(41)21-47(44,45)31-16-10-25(5)11-17-31/h7-18,23-24,32-34,39H,19-22H2,1-6H3/t32-,33-,34-,36+,46?/m1/s1. The average molecular weight is 720 g/mol. The molecule has 1 heterocycles. The van der Waals surface area contributed by atoms with Crippen LogP contribution in [0.4, 0.5) is 0 Å². The number of rotatable bonds is 12. The van der Waals surface area contributed by atoms with E-state index in [0.717, 1.165) is 16.7 Å². The molecule has 0 saturated carbocycles. The number of ketones is 1. The predicted octanol–water partition coefficient (Wildman–Crippen LogP) is 8.28. The summed E-state index contributed by atoms with van der Waals surface area (Å²) >= 11 is 12.8. The third-order valence-corrected chi connectivity index (χ3v) is 13.8. The minimum absolute atomic E-state index is 0.0493. The number of hydrogen-bond acceptors (Lipinski definition) is 6. The summed E-state index contributed by atoms with van der Waals surface area (Å²) in [5, 5.41) is 0.597. The van der Waals surface area contributed by atoms with Crippen molar-refractivity contribution in [2.24, 2.45) is 11.3 Å². The van der Waals surface area contributed by atoms with Crippen molar-refractivity contribution in [3.05, 3.63) is 99.5 Å². The maximum atomic E-state index is 15.0. The van der Waals surface area contributed by atoms with E-state index >= 15 is 0 Å². The first-order chi connectivity index (χ1) is 21.8. The van der Waals surface area contributed by atoms with E-state index in [1.165, 1.54) is 12.1 Å². The summed E-state index contributed by atoms with van der Waals surface area (Å²) in [6.07, 6.45) is -0.0688. The fourth-order valence-electron chi connectivity index (χ4n) is 6.48. The van der Waals surface area contributed by atoms with Crippen molar-refractivity contribution in [2.45, 2.75) is 82.5 Å². The number of nitrogens with zero attached hydrogens (tertiary/aromatic N) is 1. The minimum atomic E-state index is -3.94. The molecule has 0 aliphatic carbocycles. The molecule has 0 aromatic heterocycles. The van der Waals surface area contributed by atoms with Crippen LogP contribution in [0.15, 0.2) is 77.7 Å². The van der Waals surface area contributed by atoms with Crippen LogP contribution in [0.1, 0.15) is 76.1 Å². The summed E-state index contributed by atoms with van der Waals surface area (Å²) in [4.78, 5) is 30.4. The molecule has 0 radical (unpaired) electrons. The highest BCUT2D eigenvalue weighted by atomic mass is 35.5. The first kappa shape index (κ1) is 37.1. The highest BCUT2D eigenvalue weighted by Gasteiger charge is 2.53. The Morgan fingerprint density at radius 1 is 0.936 bits per heavy atom. The van der Waals surface area contributed by atoms with Crippen molar-refractivity contribution in [3.8, 4) is 0 Å². The van der Waals surface area contributed by atoms with Crippen LogP contribution in [0.3, 0.4) is 0 Å². The summed E-state index contributed by atoms with van der Waals surface area (Å²) in [7, 11) is -7.06. The molecule has 254 valence electrons. The Balaban J connectivity index is 1.86. The maximum Gasteiger partial charge on any atom is 0.229 e. The Labute approximate surface area is 289 Å². The van der Waals surface area contributed by atoms with Crippen LogP contribution in [-0.2, 0) is 29.2 Å². The third-order valence-electron chi connectivity index (χ3n) is 9.22. The lowest BCUT2D eigenvalue weighted by atomic mass is 9.66. The van der Waals surface area contributed by atoms with E-state index < -0.39 is 53.9 Å². The second-order valence-corrected chi connectivity index (χ2v) is 19.3. The van der Waals surface area contributed by atoms with Crippen LogP contribution < -0.4 is 0 Å². The van der Waals surface area contributed by atoms with Gasteiger partial charge in [0.25, 0.3) is 0 Å². The largest absolute Gasteiger partial charge is 0.330 e. The van der Waals surface area contributed by atoms with E-state index in [9.17, 15) is 22.2 Å². The lowest BCUT2D eigenvalue weighted by Crippen LogP contribution is -2.59. The third kappa shape index (κ3) is 8.48. The predicted molar refractivity (Wildman–Crippen MR) is 190 cm³/mol. The van der Waals surface area contributed by atoms with Gasteiger partial charge in [-0.25, -0.2) is 12.6 Å². The summed E-state index contributed by atoms with van der Waals surface area (Å²) in [6, 6.07) is 19.8. The molecule has 3 aromatic rings. The SMILES string of the molecule is Cc1ccc(S(=O)(=O)CC(=O)C[C@@]2(C)C[C@H](c3cccc(Cl)c3)[C@@H](c3ccc(Cl)cc3)N([C@H](CS(=N)(=O)C(C)C)C(C)C)C2=O)cc1. The number of carbonyl (C=O) groups excluding carboxylic acids is 2. The number of amides is 1. The molecular formula is C36H44Cl2N2O5S2. The highest BCUT2D eigenvalue weighted by Crippen LogP contribution is 2.52. The minimum Gasteiger partial charge on any atom is -0.330 e. The number of nitrogens with one attached hydrogen (secondary N) is 1. The average Bonchev–Trinajstić information content (AvgIpc) is 2.97. The van der Waals surface area contributed by atoms with Crippen LogP contribution in [0, 0.1) is 23.0 Å². The summed E-state index contributed by atoms with van der Waals surface area (Å²) < 4.78 is 48.9. The van der Waals surface area contributed by atoms with E-state index in [-0.39, 0.29) is 41.2 Å². The zero-order chi connectivity index (χ0) is 34.9. The van der Waals surface area contributed by atoms with Gasteiger partial charge in [0.1, 0.15) is 11.5 Å². The molecule has 1 amide bonds. The molecule has 4 rings (SSSR count). The van der Waals surface area contributed by atoms with Crippen LogP contribution in [0.2, 0.25) is 10.0 Å². The number of Topliss-reactive ketones (excluding diaryl/α,β-unsaturated/α-hetero) is 1. The van der Waals surface area contributed by atoms with Crippen molar-refractivity contribution < 1.29 is 22.2 Å². The van der Waals surface area contributed by atoms with Gasteiger partial charge in [-0.2, -0.15) is 0 Å². The zero-order valence-corrected chi connectivity index (χ0v) is 30.8. The monoisotopic (exact) mass is 718 g/mol. The summed E-state index contributed by atoms with van der Waals surface area (Å²) in [5.41, 5.74) is 1.24. The topological polar surface area (TPSA) is 112 Å². The number of likely N-dealkylation sites (tertiary alicyclic amines) is 1. The number of benzene rings is 3. The Bertz CT molecular complexity index is 1830. The van der Waals surface area contributed by atoms with Crippen molar-refractivity contribution in [2.75, 3.05) is 11.5 Å². The van der Waals surface area contributed by atoms with Gasteiger partial charge in [0, 0.05) is 43.4 Å². The number of hydrogen-bond donors (Lipinski definition) is 1. The highest BCUT2D eigenvalue weighted by molar-refractivity contribution is 7.93. The number of sulfone groups is 1. The van der Waals surface area contributed by atoms with Crippen molar-refractivity contribution in [1.82, 2.24) is 4.90 Å². The van der Waals surface area contributed by atoms with E-state index in [1.807, 2.05) is 51.1 Å². The molecule has 1 fully saturated rings. The molecule has 1 aliphatic heterocycles. The van der Waals surface area contributed by atoms with Gasteiger partial charge >= 0.3 is 0 Å². The zero-order valence-electron chi connectivity index (χ0n) is 27.7. The molecule has 0 bridgehead atoms. The van der Waals surface area contributed by atoms with Crippen LogP contribution in [-0.4, -0.2) is 52.0 Å². The smallest absolute Gasteiger partial charge is 0.229 e. The van der Waals surface area contributed by atoms with Gasteiger partial charge in [0.15, 0.2) is 9.84 Å². The molecule has 47 heavy (non-hydrogen) atoms. The van der Waals surface area contributed by atoms with Gasteiger partial charge in [-0.1, -0.05) is 99.8 Å². The second-order valence-electron chi connectivity index (χ2n) is 13.7. The van der Waals surface area contributed by atoms with E-state index in [0.29, 0.717) is 10.0 Å². The van der Waals surface area contributed by atoms with Gasteiger partial charge in [-0.05, 0) is 66.8 Å².